The molecule has 0 bridgehead atoms. The van der Waals surface area contributed by atoms with E-state index in [1.807, 2.05) is 94.6 Å². The van der Waals surface area contributed by atoms with Crippen LogP contribution in [0, 0.1) is 0 Å². The van der Waals surface area contributed by atoms with Crippen LogP contribution in [0.25, 0.3) is 0 Å². The fraction of sp³-hybridized carbons (Fsp3) is 0.297. The van der Waals surface area contributed by atoms with E-state index in [1.54, 1.807) is 48.5 Å². The Kier molecular flexibility index (Phi) is 12.1. The van der Waals surface area contributed by atoms with Crippen molar-refractivity contribution in [1.82, 2.24) is 10.2 Å². The van der Waals surface area contributed by atoms with E-state index in [4.69, 9.17) is 4.74 Å². The van der Waals surface area contributed by atoms with Crippen molar-refractivity contribution < 1.29 is 22.7 Å². The third-order valence-electron chi connectivity index (χ3n) is 7.33. The number of benzene rings is 4. The van der Waals surface area contributed by atoms with Gasteiger partial charge in [0.15, 0.2) is 0 Å². The van der Waals surface area contributed by atoms with Gasteiger partial charge in [-0.2, -0.15) is 0 Å². The van der Waals surface area contributed by atoms with Gasteiger partial charge in [0.1, 0.15) is 18.3 Å². The number of carbonyl (C=O) groups excluding carboxylic acids is 2. The second kappa shape index (κ2) is 16.0. The van der Waals surface area contributed by atoms with Crippen LogP contribution in [0.3, 0.4) is 0 Å². The first-order valence-corrected chi connectivity index (χ1v) is 18.2. The third kappa shape index (κ3) is 9.62. The van der Waals surface area contributed by atoms with Gasteiger partial charge >= 0.3 is 0 Å². The van der Waals surface area contributed by atoms with E-state index in [1.165, 1.54) is 16.7 Å². The number of nitrogens with one attached hydrogen (secondary N) is 1. The minimum Gasteiger partial charge on any atom is -0.492 e. The van der Waals surface area contributed by atoms with Gasteiger partial charge in [-0.25, -0.2) is 8.42 Å². The van der Waals surface area contributed by atoms with E-state index in [-0.39, 0.29) is 29.5 Å². The minimum atomic E-state index is -4.26. The van der Waals surface area contributed by atoms with Crippen LogP contribution in [0.2, 0.25) is 0 Å². The Bertz CT molecular complexity index is 1730. The molecule has 47 heavy (non-hydrogen) atoms. The number of thioether (sulfide) groups is 1. The molecule has 0 aromatic heterocycles. The molecule has 4 rings (SSSR count). The number of sulfonamides is 1. The van der Waals surface area contributed by atoms with Crippen LogP contribution in [0.1, 0.15) is 38.8 Å². The van der Waals surface area contributed by atoms with Crippen molar-refractivity contribution in [2.75, 3.05) is 23.7 Å². The van der Waals surface area contributed by atoms with Gasteiger partial charge in [-0.05, 0) is 81.5 Å². The number of hydrogen-bond acceptors (Lipinski definition) is 6. The Morgan fingerprint density at radius 3 is 1.98 bits per heavy atom. The fourth-order valence-electron chi connectivity index (χ4n) is 5.12. The average molecular weight is 674 g/mol. The third-order valence-corrected chi connectivity index (χ3v) is 9.84. The quantitative estimate of drug-likeness (QED) is 0.153. The number of hydrogen-bond donors (Lipinski definition) is 1. The number of amides is 2. The molecule has 0 aliphatic carbocycles. The van der Waals surface area contributed by atoms with Gasteiger partial charge in [-0.3, -0.25) is 13.9 Å². The van der Waals surface area contributed by atoms with E-state index >= 15 is 0 Å². The molecule has 4 aromatic rings. The molecule has 1 N–H and O–H groups in total. The number of anilines is 1. The number of nitrogens with zero attached hydrogens (tertiary/aromatic N) is 2. The normalized spacial score (nSPS) is 12.2. The maximum atomic E-state index is 14.7. The van der Waals surface area contributed by atoms with E-state index < -0.39 is 34.1 Å². The molecule has 4 aromatic carbocycles. The molecule has 0 saturated heterocycles. The summed E-state index contributed by atoms with van der Waals surface area (Å²) in [5, 5.41) is 3.05. The summed E-state index contributed by atoms with van der Waals surface area (Å²) >= 11 is 1.50. The van der Waals surface area contributed by atoms with Gasteiger partial charge in [0.25, 0.3) is 10.0 Å². The molecular formula is C37H43N3O5S2. The molecule has 0 heterocycles. The molecule has 10 heteroatoms. The number of ether oxygens (including phenoxy) is 1. The molecule has 0 spiro atoms. The second-order valence-electron chi connectivity index (χ2n) is 12.0. The lowest BCUT2D eigenvalue weighted by molar-refractivity contribution is -0.140. The SMILES string of the molecule is CCOc1ccccc1N(CC(=O)N(Cc1ccccc1)C(Cc1ccccc1)C(=O)NC(C)(C)C)S(=O)(=O)c1ccc(SC)cc1. The molecule has 0 radical (unpaired) electrons. The highest BCUT2D eigenvalue weighted by atomic mass is 32.2. The van der Waals surface area contributed by atoms with E-state index in [2.05, 4.69) is 5.32 Å². The zero-order valence-electron chi connectivity index (χ0n) is 27.6. The first kappa shape index (κ1) is 35.6. The minimum absolute atomic E-state index is 0.0373. The van der Waals surface area contributed by atoms with Crippen LogP contribution in [-0.4, -0.2) is 56.1 Å². The smallest absolute Gasteiger partial charge is 0.264 e. The maximum absolute atomic E-state index is 14.7. The number of rotatable bonds is 14. The van der Waals surface area contributed by atoms with Gasteiger partial charge in [-0.15, -0.1) is 11.8 Å². The molecule has 2 amide bonds. The summed E-state index contributed by atoms with van der Waals surface area (Å²) in [4.78, 5) is 31.1. The van der Waals surface area contributed by atoms with Crippen LogP contribution in [0.15, 0.2) is 119 Å². The first-order chi connectivity index (χ1) is 22.4. The van der Waals surface area contributed by atoms with Crippen LogP contribution in [-0.2, 0) is 32.6 Å². The monoisotopic (exact) mass is 673 g/mol. The Morgan fingerprint density at radius 2 is 1.40 bits per heavy atom. The molecule has 1 atom stereocenters. The highest BCUT2D eigenvalue weighted by Crippen LogP contribution is 2.33. The predicted molar refractivity (Wildman–Crippen MR) is 189 cm³/mol. The highest BCUT2D eigenvalue weighted by Gasteiger charge is 2.36. The topological polar surface area (TPSA) is 96.0 Å². The van der Waals surface area contributed by atoms with Gasteiger partial charge in [0, 0.05) is 23.4 Å². The first-order valence-electron chi connectivity index (χ1n) is 15.5. The van der Waals surface area contributed by atoms with Crippen molar-refractivity contribution >= 4 is 39.3 Å². The molecule has 0 saturated carbocycles. The van der Waals surface area contributed by atoms with E-state index in [0.29, 0.717) is 12.4 Å². The van der Waals surface area contributed by atoms with E-state index in [0.717, 1.165) is 20.3 Å². The number of carbonyl (C=O) groups is 2. The van der Waals surface area contributed by atoms with Gasteiger partial charge in [0.05, 0.1) is 17.2 Å². The summed E-state index contributed by atoms with van der Waals surface area (Å²) in [6, 6.07) is 31.3. The van der Waals surface area contributed by atoms with Crippen molar-refractivity contribution in [2.45, 2.75) is 62.0 Å². The van der Waals surface area contributed by atoms with Gasteiger partial charge in [0.2, 0.25) is 11.8 Å². The van der Waals surface area contributed by atoms with Crippen LogP contribution in [0.4, 0.5) is 5.69 Å². The predicted octanol–water partition coefficient (Wildman–Crippen LogP) is 6.56. The molecule has 248 valence electrons. The summed E-state index contributed by atoms with van der Waals surface area (Å²) in [7, 11) is -4.26. The fourth-order valence-corrected chi connectivity index (χ4v) is 6.95. The maximum Gasteiger partial charge on any atom is 0.264 e. The summed E-state index contributed by atoms with van der Waals surface area (Å²) in [6.45, 7) is 7.30. The Hall–Kier alpha value is -4.28. The van der Waals surface area contributed by atoms with Crippen LogP contribution < -0.4 is 14.4 Å². The summed E-state index contributed by atoms with van der Waals surface area (Å²) in [6.07, 6.45) is 2.15. The summed E-state index contributed by atoms with van der Waals surface area (Å²) < 4.78 is 35.7. The molecule has 1 unspecified atom stereocenters. The lowest BCUT2D eigenvalue weighted by Crippen LogP contribution is -2.56. The molecular weight excluding hydrogens is 631 g/mol. The lowest BCUT2D eigenvalue weighted by atomic mass is 10.0. The van der Waals surface area contributed by atoms with Crippen LogP contribution in [0.5, 0.6) is 5.75 Å². The van der Waals surface area contributed by atoms with Crippen molar-refractivity contribution in [3.63, 3.8) is 0 Å². The zero-order chi connectivity index (χ0) is 34.0. The molecule has 0 fully saturated rings. The molecule has 0 aliphatic rings. The van der Waals surface area contributed by atoms with Gasteiger partial charge < -0.3 is 15.0 Å². The molecule has 8 nitrogen and oxygen atoms in total. The summed E-state index contributed by atoms with van der Waals surface area (Å²) in [5.74, 6) is -0.537. The highest BCUT2D eigenvalue weighted by molar-refractivity contribution is 7.98. The van der Waals surface area contributed by atoms with Crippen molar-refractivity contribution in [3.8, 4) is 5.75 Å². The average Bonchev–Trinajstić information content (AvgIpc) is 3.05. The Morgan fingerprint density at radius 1 is 0.830 bits per heavy atom. The summed E-state index contributed by atoms with van der Waals surface area (Å²) in [5.41, 5.74) is 1.34. The Balaban J connectivity index is 1.84. The van der Waals surface area contributed by atoms with Gasteiger partial charge in [-0.1, -0.05) is 72.8 Å². The standard InChI is InChI=1S/C37H43N3O5S2/c1-6-45-34-20-14-13-19-32(34)40(47(43,44)31-23-21-30(46-5)22-24-31)27-35(41)39(26-29-17-11-8-12-18-29)33(36(42)38-37(2,3)4)25-28-15-9-7-10-16-28/h7-24,33H,6,25-27H2,1-5H3,(H,38,42). The lowest BCUT2D eigenvalue weighted by Gasteiger charge is -2.35. The van der Waals surface area contributed by atoms with Crippen molar-refractivity contribution in [1.29, 1.82) is 0 Å². The van der Waals surface area contributed by atoms with Crippen molar-refractivity contribution in [2.24, 2.45) is 0 Å². The van der Waals surface area contributed by atoms with Crippen LogP contribution >= 0.6 is 11.8 Å². The number of para-hydroxylation sites is 2. The molecule has 0 aliphatic heterocycles. The Labute approximate surface area is 283 Å². The van der Waals surface area contributed by atoms with Crippen molar-refractivity contribution in [3.05, 3.63) is 120 Å². The largest absolute Gasteiger partial charge is 0.492 e. The second-order valence-corrected chi connectivity index (χ2v) is 14.8. The zero-order valence-corrected chi connectivity index (χ0v) is 29.2. The van der Waals surface area contributed by atoms with E-state index in [9.17, 15) is 18.0 Å².